The molecule has 1 aromatic rings. The lowest BCUT2D eigenvalue weighted by Gasteiger charge is -2.30. The zero-order valence-electron chi connectivity index (χ0n) is 9.52. The summed E-state index contributed by atoms with van der Waals surface area (Å²) < 4.78 is 5.64. The number of anilines is 2. The largest absolute Gasteiger partial charge is 0.384 e. The fourth-order valence-electron chi connectivity index (χ4n) is 1.76. The van der Waals surface area contributed by atoms with Crippen molar-refractivity contribution in [3.05, 3.63) is 18.2 Å². The molecular weight excluding hydrogens is 204 g/mol. The van der Waals surface area contributed by atoms with Crippen molar-refractivity contribution in [1.29, 1.82) is 0 Å². The van der Waals surface area contributed by atoms with Gasteiger partial charge < -0.3 is 20.7 Å². The minimum Gasteiger partial charge on any atom is -0.384 e. The standard InChI is InChI=1S/C11H18N4O/c1-15-5-6-16-9(8-15)7-13-11-4-2-3-10(12)14-11/h2-4,9H,5-8H2,1H3,(H3,12,13,14). The minimum atomic E-state index is 0.224. The number of nitrogens with one attached hydrogen (secondary N) is 1. The highest BCUT2D eigenvalue weighted by Crippen LogP contribution is 2.08. The number of pyridine rings is 1. The van der Waals surface area contributed by atoms with Crippen LogP contribution in [-0.2, 0) is 4.74 Å². The highest BCUT2D eigenvalue weighted by atomic mass is 16.5. The normalized spacial score (nSPS) is 21.9. The van der Waals surface area contributed by atoms with Crippen molar-refractivity contribution in [2.75, 3.05) is 44.3 Å². The highest BCUT2D eigenvalue weighted by molar-refractivity contribution is 5.42. The summed E-state index contributed by atoms with van der Waals surface area (Å²) in [7, 11) is 2.11. The van der Waals surface area contributed by atoms with Crippen molar-refractivity contribution in [2.45, 2.75) is 6.10 Å². The lowest BCUT2D eigenvalue weighted by molar-refractivity contribution is -0.0117. The van der Waals surface area contributed by atoms with Gasteiger partial charge in [-0.3, -0.25) is 0 Å². The molecule has 0 aromatic carbocycles. The number of hydrogen-bond acceptors (Lipinski definition) is 5. The molecule has 0 saturated carbocycles. The molecule has 16 heavy (non-hydrogen) atoms. The van der Waals surface area contributed by atoms with Crippen LogP contribution in [0.2, 0.25) is 0 Å². The predicted octanol–water partition coefficient (Wildman–Crippen LogP) is 0.406. The first-order valence-electron chi connectivity index (χ1n) is 5.50. The van der Waals surface area contributed by atoms with Crippen molar-refractivity contribution in [3.63, 3.8) is 0 Å². The SMILES string of the molecule is CN1CCOC(CNc2cccc(N)n2)C1. The van der Waals surface area contributed by atoms with Gasteiger partial charge in [0.1, 0.15) is 11.6 Å². The number of morpholine rings is 1. The Bertz CT molecular complexity index is 345. The topological polar surface area (TPSA) is 63.4 Å². The van der Waals surface area contributed by atoms with E-state index in [4.69, 9.17) is 10.5 Å². The Morgan fingerprint density at radius 2 is 2.50 bits per heavy atom. The summed E-state index contributed by atoms with van der Waals surface area (Å²) in [5.74, 6) is 1.34. The van der Waals surface area contributed by atoms with E-state index in [0.29, 0.717) is 5.82 Å². The Labute approximate surface area is 95.6 Å². The van der Waals surface area contributed by atoms with E-state index < -0.39 is 0 Å². The van der Waals surface area contributed by atoms with E-state index in [1.807, 2.05) is 12.1 Å². The van der Waals surface area contributed by atoms with Gasteiger partial charge in [0.2, 0.25) is 0 Å². The third-order valence-corrected chi connectivity index (χ3v) is 2.62. The second-order valence-electron chi connectivity index (χ2n) is 4.08. The zero-order valence-corrected chi connectivity index (χ0v) is 9.52. The van der Waals surface area contributed by atoms with Crippen LogP contribution < -0.4 is 11.1 Å². The molecule has 0 radical (unpaired) electrons. The molecule has 0 bridgehead atoms. The molecule has 1 aliphatic heterocycles. The van der Waals surface area contributed by atoms with Crippen LogP contribution in [0.15, 0.2) is 18.2 Å². The van der Waals surface area contributed by atoms with E-state index in [2.05, 4.69) is 22.2 Å². The van der Waals surface area contributed by atoms with Crippen LogP contribution in [0, 0.1) is 0 Å². The fourth-order valence-corrected chi connectivity index (χ4v) is 1.76. The van der Waals surface area contributed by atoms with E-state index >= 15 is 0 Å². The maximum absolute atomic E-state index is 5.64. The second kappa shape index (κ2) is 5.14. The molecule has 88 valence electrons. The van der Waals surface area contributed by atoms with Crippen molar-refractivity contribution >= 4 is 11.6 Å². The summed E-state index contributed by atoms with van der Waals surface area (Å²) in [4.78, 5) is 6.44. The summed E-state index contributed by atoms with van der Waals surface area (Å²) in [6, 6.07) is 5.57. The molecule has 2 rings (SSSR count). The van der Waals surface area contributed by atoms with E-state index in [1.54, 1.807) is 6.07 Å². The van der Waals surface area contributed by atoms with Crippen molar-refractivity contribution in [3.8, 4) is 0 Å². The quantitative estimate of drug-likeness (QED) is 0.775. The second-order valence-corrected chi connectivity index (χ2v) is 4.08. The molecule has 5 nitrogen and oxygen atoms in total. The average Bonchev–Trinajstić information content (AvgIpc) is 2.27. The first kappa shape index (κ1) is 11.2. The van der Waals surface area contributed by atoms with Crippen LogP contribution in [0.5, 0.6) is 0 Å². The molecule has 1 aromatic heterocycles. The van der Waals surface area contributed by atoms with Crippen LogP contribution >= 0.6 is 0 Å². The summed E-state index contributed by atoms with van der Waals surface area (Å²) in [5, 5.41) is 3.23. The van der Waals surface area contributed by atoms with E-state index in [1.165, 1.54) is 0 Å². The Balaban J connectivity index is 1.82. The third kappa shape index (κ3) is 3.08. The van der Waals surface area contributed by atoms with Gasteiger partial charge in [-0.2, -0.15) is 0 Å². The van der Waals surface area contributed by atoms with Gasteiger partial charge in [-0.25, -0.2) is 4.98 Å². The van der Waals surface area contributed by atoms with Gasteiger partial charge in [-0.1, -0.05) is 6.07 Å². The first-order valence-corrected chi connectivity index (χ1v) is 5.50. The Morgan fingerprint density at radius 3 is 3.25 bits per heavy atom. The maximum Gasteiger partial charge on any atom is 0.128 e. The third-order valence-electron chi connectivity index (χ3n) is 2.62. The molecule has 1 aliphatic rings. The van der Waals surface area contributed by atoms with Crippen molar-refractivity contribution in [1.82, 2.24) is 9.88 Å². The van der Waals surface area contributed by atoms with E-state index in [9.17, 15) is 0 Å². The molecule has 5 heteroatoms. The van der Waals surface area contributed by atoms with Gasteiger partial charge >= 0.3 is 0 Å². The van der Waals surface area contributed by atoms with Gasteiger partial charge in [0.15, 0.2) is 0 Å². The summed E-state index contributed by atoms with van der Waals surface area (Å²) in [6.45, 7) is 3.52. The Morgan fingerprint density at radius 1 is 1.62 bits per heavy atom. The zero-order chi connectivity index (χ0) is 11.4. The lowest BCUT2D eigenvalue weighted by Crippen LogP contribution is -2.43. The van der Waals surface area contributed by atoms with Gasteiger partial charge in [0.05, 0.1) is 12.7 Å². The van der Waals surface area contributed by atoms with E-state index in [-0.39, 0.29) is 6.10 Å². The average molecular weight is 222 g/mol. The van der Waals surface area contributed by atoms with Crippen LogP contribution in [0.3, 0.4) is 0 Å². The van der Waals surface area contributed by atoms with Crippen molar-refractivity contribution < 1.29 is 4.74 Å². The molecule has 3 N–H and O–H groups in total. The molecule has 1 fully saturated rings. The summed E-state index contributed by atoms with van der Waals surface area (Å²) >= 11 is 0. The highest BCUT2D eigenvalue weighted by Gasteiger charge is 2.17. The molecule has 1 atom stereocenters. The number of hydrogen-bond donors (Lipinski definition) is 2. The number of likely N-dealkylation sites (N-methyl/N-ethyl adjacent to an activating group) is 1. The molecule has 1 saturated heterocycles. The van der Waals surface area contributed by atoms with Crippen LogP contribution in [0.1, 0.15) is 0 Å². The summed E-state index contributed by atoms with van der Waals surface area (Å²) in [6.07, 6.45) is 0.224. The number of rotatable bonds is 3. The molecule has 0 aliphatic carbocycles. The molecule has 0 amide bonds. The Hall–Kier alpha value is -1.33. The van der Waals surface area contributed by atoms with Gasteiger partial charge in [-0.15, -0.1) is 0 Å². The monoisotopic (exact) mass is 222 g/mol. The van der Waals surface area contributed by atoms with Gasteiger partial charge in [0, 0.05) is 19.6 Å². The number of nitrogens with two attached hydrogens (primary N) is 1. The van der Waals surface area contributed by atoms with Gasteiger partial charge in [0.25, 0.3) is 0 Å². The number of nitrogen functional groups attached to an aromatic ring is 1. The predicted molar refractivity (Wildman–Crippen MR) is 64.4 cm³/mol. The summed E-state index contributed by atoms with van der Waals surface area (Å²) in [5.41, 5.74) is 5.60. The van der Waals surface area contributed by atoms with Crippen LogP contribution in [-0.4, -0.2) is 49.3 Å². The fraction of sp³-hybridized carbons (Fsp3) is 0.545. The van der Waals surface area contributed by atoms with Crippen LogP contribution in [0.25, 0.3) is 0 Å². The number of nitrogens with zero attached hydrogens (tertiary/aromatic N) is 2. The Kier molecular flexibility index (Phi) is 3.58. The lowest BCUT2D eigenvalue weighted by atomic mass is 10.3. The first-order chi connectivity index (χ1) is 7.74. The molecule has 2 heterocycles. The van der Waals surface area contributed by atoms with Gasteiger partial charge in [-0.05, 0) is 19.2 Å². The number of ether oxygens (including phenoxy) is 1. The number of aromatic nitrogens is 1. The smallest absolute Gasteiger partial charge is 0.128 e. The maximum atomic E-state index is 5.64. The van der Waals surface area contributed by atoms with Crippen LogP contribution in [0.4, 0.5) is 11.6 Å². The molecule has 0 spiro atoms. The minimum absolute atomic E-state index is 0.224. The van der Waals surface area contributed by atoms with Crippen molar-refractivity contribution in [2.24, 2.45) is 0 Å². The molecular formula is C11H18N4O. The van der Waals surface area contributed by atoms with E-state index in [0.717, 1.165) is 32.1 Å². The molecule has 1 unspecified atom stereocenters.